The van der Waals surface area contributed by atoms with E-state index in [4.69, 9.17) is 4.74 Å². The molecule has 0 unspecified atom stereocenters. The highest BCUT2D eigenvalue weighted by atomic mass is 79.9. The molecule has 102 valence electrons. The molecular formula is C14H9BrF2N2O. The van der Waals surface area contributed by atoms with Crippen molar-refractivity contribution in [3.63, 3.8) is 0 Å². The number of aromatic nitrogens is 2. The fourth-order valence-electron chi connectivity index (χ4n) is 2.13. The van der Waals surface area contributed by atoms with Gasteiger partial charge in [0.05, 0.1) is 18.8 Å². The quantitative estimate of drug-likeness (QED) is 0.704. The van der Waals surface area contributed by atoms with Crippen molar-refractivity contribution >= 4 is 21.4 Å². The number of halogens is 3. The summed E-state index contributed by atoms with van der Waals surface area (Å²) in [5, 5.41) is 4.17. The van der Waals surface area contributed by atoms with Gasteiger partial charge in [0.1, 0.15) is 5.82 Å². The lowest BCUT2D eigenvalue weighted by Crippen LogP contribution is -1.94. The number of fused-ring (bicyclic) bond motifs is 1. The molecular weight excluding hydrogens is 330 g/mol. The van der Waals surface area contributed by atoms with Crippen molar-refractivity contribution in [3.8, 4) is 16.9 Å². The Balaban J connectivity index is 2.33. The zero-order chi connectivity index (χ0) is 14.3. The minimum absolute atomic E-state index is 0.00118. The molecule has 0 aliphatic rings. The van der Waals surface area contributed by atoms with E-state index in [2.05, 4.69) is 21.0 Å². The SMILES string of the molecule is COc1c(F)cc(F)cc1-c1cnn2ccc(Br)cc12. The van der Waals surface area contributed by atoms with Crippen molar-refractivity contribution in [1.82, 2.24) is 9.61 Å². The fourth-order valence-corrected chi connectivity index (χ4v) is 2.47. The molecule has 3 aromatic rings. The second-order valence-electron chi connectivity index (χ2n) is 4.20. The van der Waals surface area contributed by atoms with Crippen molar-refractivity contribution in [2.45, 2.75) is 0 Å². The predicted octanol–water partition coefficient (Wildman–Crippen LogP) is 4.05. The molecule has 0 aliphatic carbocycles. The maximum atomic E-state index is 13.8. The minimum atomic E-state index is -0.739. The summed E-state index contributed by atoms with van der Waals surface area (Å²) in [7, 11) is 1.35. The summed E-state index contributed by atoms with van der Waals surface area (Å²) in [5.41, 5.74) is 1.65. The summed E-state index contributed by atoms with van der Waals surface area (Å²) < 4.78 is 34.8. The number of hydrogen-bond acceptors (Lipinski definition) is 2. The average molecular weight is 339 g/mol. The Hall–Kier alpha value is -1.95. The van der Waals surface area contributed by atoms with Crippen LogP contribution in [0.4, 0.5) is 8.78 Å². The Bertz CT molecular complexity index is 801. The molecule has 0 fully saturated rings. The molecule has 0 amide bonds. The van der Waals surface area contributed by atoms with Gasteiger partial charge in [-0.1, -0.05) is 15.9 Å². The lowest BCUT2D eigenvalue weighted by molar-refractivity contribution is 0.386. The van der Waals surface area contributed by atoms with Crippen LogP contribution in [0.15, 0.2) is 41.1 Å². The third kappa shape index (κ3) is 2.06. The molecule has 3 nitrogen and oxygen atoms in total. The first kappa shape index (κ1) is 13.1. The molecule has 0 bridgehead atoms. The second-order valence-corrected chi connectivity index (χ2v) is 5.12. The highest BCUT2D eigenvalue weighted by Crippen LogP contribution is 2.36. The monoisotopic (exact) mass is 338 g/mol. The zero-order valence-electron chi connectivity index (χ0n) is 10.4. The summed E-state index contributed by atoms with van der Waals surface area (Å²) in [6.45, 7) is 0. The van der Waals surface area contributed by atoms with E-state index in [1.54, 1.807) is 16.9 Å². The van der Waals surface area contributed by atoms with Gasteiger partial charge in [-0.3, -0.25) is 0 Å². The second kappa shape index (κ2) is 4.86. The van der Waals surface area contributed by atoms with Crippen LogP contribution in [0, 0.1) is 11.6 Å². The third-order valence-electron chi connectivity index (χ3n) is 2.99. The molecule has 0 aliphatic heterocycles. The van der Waals surface area contributed by atoms with Gasteiger partial charge in [0, 0.05) is 27.9 Å². The van der Waals surface area contributed by atoms with E-state index in [0.29, 0.717) is 11.1 Å². The Morgan fingerprint density at radius 2 is 2.00 bits per heavy atom. The molecule has 20 heavy (non-hydrogen) atoms. The van der Waals surface area contributed by atoms with Crippen LogP contribution in [0.25, 0.3) is 16.6 Å². The van der Waals surface area contributed by atoms with Crippen molar-refractivity contribution in [1.29, 1.82) is 0 Å². The molecule has 0 spiro atoms. The van der Waals surface area contributed by atoms with Crippen LogP contribution < -0.4 is 4.74 Å². The molecule has 1 aromatic carbocycles. The van der Waals surface area contributed by atoms with Gasteiger partial charge in [-0.15, -0.1) is 0 Å². The lowest BCUT2D eigenvalue weighted by Gasteiger charge is -2.09. The van der Waals surface area contributed by atoms with E-state index >= 15 is 0 Å². The van der Waals surface area contributed by atoms with Crippen molar-refractivity contribution in [2.24, 2.45) is 0 Å². The van der Waals surface area contributed by atoms with Gasteiger partial charge < -0.3 is 4.74 Å². The highest BCUT2D eigenvalue weighted by Gasteiger charge is 2.17. The Kier molecular flexibility index (Phi) is 3.17. The van der Waals surface area contributed by atoms with E-state index in [-0.39, 0.29) is 5.75 Å². The van der Waals surface area contributed by atoms with Crippen molar-refractivity contribution < 1.29 is 13.5 Å². The molecule has 0 atom stereocenters. The number of nitrogens with zero attached hydrogens (tertiary/aromatic N) is 2. The zero-order valence-corrected chi connectivity index (χ0v) is 12.0. The van der Waals surface area contributed by atoms with Crippen molar-refractivity contribution in [2.75, 3.05) is 7.11 Å². The maximum Gasteiger partial charge on any atom is 0.168 e. The van der Waals surface area contributed by atoms with E-state index < -0.39 is 11.6 Å². The molecule has 0 N–H and O–H groups in total. The van der Waals surface area contributed by atoms with Gasteiger partial charge in [0.2, 0.25) is 0 Å². The number of methoxy groups -OCH3 is 1. The summed E-state index contributed by atoms with van der Waals surface area (Å²) in [4.78, 5) is 0. The summed E-state index contributed by atoms with van der Waals surface area (Å²) >= 11 is 3.37. The highest BCUT2D eigenvalue weighted by molar-refractivity contribution is 9.10. The van der Waals surface area contributed by atoms with Crippen LogP contribution in [0.2, 0.25) is 0 Å². The Labute approximate surface area is 121 Å². The molecule has 6 heteroatoms. The predicted molar refractivity (Wildman–Crippen MR) is 74.8 cm³/mol. The Morgan fingerprint density at radius 1 is 1.20 bits per heavy atom. The molecule has 3 rings (SSSR count). The number of benzene rings is 1. The van der Waals surface area contributed by atoms with Crippen LogP contribution in [0.1, 0.15) is 0 Å². The number of hydrogen-bond donors (Lipinski definition) is 0. The third-order valence-corrected chi connectivity index (χ3v) is 3.48. The smallest absolute Gasteiger partial charge is 0.168 e. The normalized spacial score (nSPS) is 11.0. The van der Waals surface area contributed by atoms with Crippen LogP contribution in [0.3, 0.4) is 0 Å². The molecule has 0 saturated heterocycles. The van der Waals surface area contributed by atoms with E-state index in [0.717, 1.165) is 16.1 Å². The van der Waals surface area contributed by atoms with Gasteiger partial charge in [0.15, 0.2) is 11.6 Å². The van der Waals surface area contributed by atoms with Gasteiger partial charge in [-0.25, -0.2) is 13.3 Å². The molecule has 0 radical (unpaired) electrons. The minimum Gasteiger partial charge on any atom is -0.493 e. The van der Waals surface area contributed by atoms with Gasteiger partial charge in [0.25, 0.3) is 0 Å². The standard InChI is InChI=1S/C14H9BrF2N2O/c1-20-14-10(5-9(16)6-12(14)17)11-7-18-19-3-2-8(15)4-13(11)19/h2-7H,1H3. The van der Waals surface area contributed by atoms with Gasteiger partial charge >= 0.3 is 0 Å². The topological polar surface area (TPSA) is 26.5 Å². The van der Waals surface area contributed by atoms with Gasteiger partial charge in [-0.2, -0.15) is 5.10 Å². The first-order valence-electron chi connectivity index (χ1n) is 5.76. The Morgan fingerprint density at radius 3 is 2.75 bits per heavy atom. The summed E-state index contributed by atoms with van der Waals surface area (Å²) in [6, 6.07) is 5.68. The first-order chi connectivity index (χ1) is 9.60. The van der Waals surface area contributed by atoms with E-state index in [9.17, 15) is 8.78 Å². The first-order valence-corrected chi connectivity index (χ1v) is 6.56. The maximum absolute atomic E-state index is 13.8. The number of pyridine rings is 1. The van der Waals surface area contributed by atoms with Crippen LogP contribution in [0.5, 0.6) is 5.75 Å². The van der Waals surface area contributed by atoms with Crippen molar-refractivity contribution in [3.05, 3.63) is 52.8 Å². The van der Waals surface area contributed by atoms with Crippen LogP contribution >= 0.6 is 15.9 Å². The summed E-state index contributed by atoms with van der Waals surface area (Å²) in [6.07, 6.45) is 3.31. The molecule has 2 aromatic heterocycles. The summed E-state index contributed by atoms with van der Waals surface area (Å²) in [5.74, 6) is -1.40. The van der Waals surface area contributed by atoms with Crippen LogP contribution in [-0.4, -0.2) is 16.7 Å². The number of ether oxygens (including phenoxy) is 1. The molecule has 0 saturated carbocycles. The van der Waals surface area contributed by atoms with E-state index in [1.165, 1.54) is 13.2 Å². The lowest BCUT2D eigenvalue weighted by atomic mass is 10.1. The number of rotatable bonds is 2. The largest absolute Gasteiger partial charge is 0.493 e. The molecule has 2 heterocycles. The van der Waals surface area contributed by atoms with Crippen LogP contribution in [-0.2, 0) is 0 Å². The average Bonchev–Trinajstić information content (AvgIpc) is 2.80. The fraction of sp³-hybridized carbons (Fsp3) is 0.0714. The van der Waals surface area contributed by atoms with Gasteiger partial charge in [-0.05, 0) is 18.2 Å². The van der Waals surface area contributed by atoms with E-state index in [1.807, 2.05) is 12.1 Å².